The van der Waals surface area contributed by atoms with Gasteiger partial charge >= 0.3 is 5.97 Å². The Hall–Kier alpha value is -4.22. The number of hydrogen-bond acceptors (Lipinski definition) is 9. The number of amides is 1. The maximum absolute atomic E-state index is 12.3. The van der Waals surface area contributed by atoms with Crippen LogP contribution in [-0.2, 0) is 4.74 Å². The molecule has 1 fully saturated rings. The number of nitro groups is 1. The number of primary amides is 1. The zero-order valence-electron chi connectivity index (χ0n) is 15.6. The van der Waals surface area contributed by atoms with E-state index in [4.69, 9.17) is 16.2 Å². The number of nitro benzene ring substituents is 1. The molecule has 1 saturated heterocycles. The third-order valence-electron chi connectivity index (χ3n) is 4.80. The number of non-ortho nitro benzene ring substituents is 1. The minimum Gasteiger partial charge on any atom is -0.457 e. The summed E-state index contributed by atoms with van der Waals surface area (Å²) in [6.07, 6.45) is 1.82. The molecule has 1 aliphatic rings. The lowest BCUT2D eigenvalue weighted by atomic mass is 10.2. The van der Waals surface area contributed by atoms with Crippen molar-refractivity contribution in [1.82, 2.24) is 14.6 Å². The highest BCUT2D eigenvalue weighted by Crippen LogP contribution is 2.24. The number of nitrogen functional groups attached to an aromatic ring is 1. The number of esters is 1. The number of nitrogens with zero attached hydrogens (tertiary/aromatic N) is 5. The number of carbonyl (C=O) groups is 2. The second-order valence-corrected chi connectivity index (χ2v) is 6.74. The Bertz CT molecular complexity index is 1160. The van der Waals surface area contributed by atoms with Gasteiger partial charge in [-0.2, -0.15) is 0 Å². The number of rotatable bonds is 5. The van der Waals surface area contributed by atoms with Crippen molar-refractivity contribution >= 4 is 34.8 Å². The van der Waals surface area contributed by atoms with Crippen LogP contribution in [0.1, 0.15) is 27.1 Å². The van der Waals surface area contributed by atoms with Gasteiger partial charge in [-0.05, 0) is 18.2 Å². The third kappa shape index (κ3) is 3.45. The summed E-state index contributed by atoms with van der Waals surface area (Å²) in [6.45, 7) is 0.980. The smallest absolute Gasteiger partial charge is 0.338 e. The van der Waals surface area contributed by atoms with E-state index in [1.165, 1.54) is 28.8 Å². The lowest BCUT2D eigenvalue weighted by Gasteiger charge is -2.17. The van der Waals surface area contributed by atoms with E-state index in [2.05, 4.69) is 10.1 Å². The Morgan fingerprint density at radius 3 is 2.63 bits per heavy atom. The van der Waals surface area contributed by atoms with E-state index < -0.39 is 16.8 Å². The summed E-state index contributed by atoms with van der Waals surface area (Å²) in [6, 6.07) is 6.94. The maximum Gasteiger partial charge on any atom is 0.338 e. The average Bonchev–Trinajstić information content (AvgIpc) is 3.30. The molecule has 0 aliphatic carbocycles. The number of aromatic nitrogens is 3. The van der Waals surface area contributed by atoms with Crippen LogP contribution >= 0.6 is 0 Å². The van der Waals surface area contributed by atoms with Gasteiger partial charge in [-0.1, -0.05) is 0 Å². The minimum atomic E-state index is -0.719. The molecule has 0 spiro atoms. The van der Waals surface area contributed by atoms with Crippen LogP contribution in [0.5, 0.6) is 0 Å². The van der Waals surface area contributed by atoms with E-state index in [0.29, 0.717) is 25.3 Å². The molecule has 12 heteroatoms. The first-order valence-corrected chi connectivity index (χ1v) is 8.98. The van der Waals surface area contributed by atoms with Gasteiger partial charge < -0.3 is 21.1 Å². The van der Waals surface area contributed by atoms with Crippen LogP contribution in [-0.4, -0.2) is 50.6 Å². The Balaban J connectivity index is 1.46. The maximum atomic E-state index is 12.3. The first-order chi connectivity index (χ1) is 14.3. The molecule has 4 N–H and O–H groups in total. The standard InChI is InChI=1S/C18H17N7O5/c19-15-14(16(20)26)17-21-13(6-8-24(17)22-15)23-7-5-12(9-23)30-18(27)10-1-3-11(4-2-10)25(28)29/h1-4,6,8,12H,5,7,9H2,(H2,19,22)(H2,20,26). The van der Waals surface area contributed by atoms with Gasteiger partial charge in [0.05, 0.1) is 17.0 Å². The Labute approximate surface area is 169 Å². The number of benzene rings is 1. The minimum absolute atomic E-state index is 0.00322. The molecule has 12 nitrogen and oxygen atoms in total. The van der Waals surface area contributed by atoms with E-state index in [9.17, 15) is 19.7 Å². The van der Waals surface area contributed by atoms with Crippen LogP contribution in [0.4, 0.5) is 17.3 Å². The van der Waals surface area contributed by atoms with Crippen LogP contribution in [0.25, 0.3) is 5.65 Å². The van der Waals surface area contributed by atoms with Crippen molar-refractivity contribution in [2.45, 2.75) is 12.5 Å². The first kappa shape index (κ1) is 19.1. The number of nitrogens with two attached hydrogens (primary N) is 2. The highest BCUT2D eigenvalue weighted by Gasteiger charge is 2.28. The number of anilines is 2. The Morgan fingerprint density at radius 2 is 1.97 bits per heavy atom. The van der Waals surface area contributed by atoms with Crippen molar-refractivity contribution in [3.05, 3.63) is 57.8 Å². The summed E-state index contributed by atoms with van der Waals surface area (Å²) in [5.41, 5.74) is 11.5. The van der Waals surface area contributed by atoms with Crippen molar-refractivity contribution in [2.24, 2.45) is 5.73 Å². The molecule has 154 valence electrons. The molecule has 3 aromatic rings. The molecular weight excluding hydrogens is 394 g/mol. The van der Waals surface area contributed by atoms with Gasteiger partial charge in [0, 0.05) is 31.3 Å². The molecule has 1 unspecified atom stereocenters. The molecule has 3 heterocycles. The van der Waals surface area contributed by atoms with Crippen molar-refractivity contribution in [3.8, 4) is 0 Å². The van der Waals surface area contributed by atoms with Gasteiger partial charge in [0.15, 0.2) is 11.5 Å². The highest BCUT2D eigenvalue weighted by atomic mass is 16.6. The first-order valence-electron chi connectivity index (χ1n) is 8.98. The van der Waals surface area contributed by atoms with Gasteiger partial charge in [-0.3, -0.25) is 14.9 Å². The fourth-order valence-corrected chi connectivity index (χ4v) is 3.32. The molecular formula is C18H17N7O5. The summed E-state index contributed by atoms with van der Waals surface area (Å²) in [5.74, 6) is -0.703. The van der Waals surface area contributed by atoms with E-state index in [-0.39, 0.29) is 34.4 Å². The van der Waals surface area contributed by atoms with E-state index in [1.807, 2.05) is 4.90 Å². The monoisotopic (exact) mass is 411 g/mol. The molecule has 1 aromatic carbocycles. The zero-order valence-corrected chi connectivity index (χ0v) is 15.6. The van der Waals surface area contributed by atoms with E-state index in [1.54, 1.807) is 12.3 Å². The molecule has 2 aromatic heterocycles. The largest absolute Gasteiger partial charge is 0.457 e. The van der Waals surface area contributed by atoms with E-state index >= 15 is 0 Å². The zero-order chi connectivity index (χ0) is 21.4. The summed E-state index contributed by atoms with van der Waals surface area (Å²) in [4.78, 5) is 40.5. The fourth-order valence-electron chi connectivity index (χ4n) is 3.32. The lowest BCUT2D eigenvalue weighted by molar-refractivity contribution is -0.384. The van der Waals surface area contributed by atoms with Crippen molar-refractivity contribution in [2.75, 3.05) is 23.7 Å². The summed E-state index contributed by atoms with van der Waals surface area (Å²) in [7, 11) is 0. The molecule has 0 radical (unpaired) electrons. The molecule has 0 bridgehead atoms. The van der Waals surface area contributed by atoms with Crippen LogP contribution in [0.3, 0.4) is 0 Å². The van der Waals surface area contributed by atoms with Crippen LogP contribution < -0.4 is 16.4 Å². The van der Waals surface area contributed by atoms with Gasteiger partial charge in [0.25, 0.3) is 11.6 Å². The molecule has 4 rings (SSSR count). The van der Waals surface area contributed by atoms with Gasteiger partial charge in [0.1, 0.15) is 17.5 Å². The number of ether oxygens (including phenoxy) is 1. The van der Waals surface area contributed by atoms with Crippen LogP contribution in [0.15, 0.2) is 36.5 Å². The topological polar surface area (TPSA) is 172 Å². The number of hydrogen-bond donors (Lipinski definition) is 2. The molecule has 1 aliphatic heterocycles. The lowest BCUT2D eigenvalue weighted by Crippen LogP contribution is -2.25. The average molecular weight is 411 g/mol. The molecule has 0 saturated carbocycles. The quantitative estimate of drug-likeness (QED) is 0.349. The van der Waals surface area contributed by atoms with E-state index in [0.717, 1.165) is 0 Å². The fraction of sp³-hybridized carbons (Fsp3) is 0.222. The Kier molecular flexibility index (Phi) is 4.66. The van der Waals surface area contributed by atoms with Gasteiger partial charge in [-0.15, -0.1) is 5.10 Å². The molecule has 30 heavy (non-hydrogen) atoms. The van der Waals surface area contributed by atoms with Crippen molar-refractivity contribution in [3.63, 3.8) is 0 Å². The summed E-state index contributed by atoms with van der Waals surface area (Å²) >= 11 is 0. The van der Waals surface area contributed by atoms with Crippen molar-refractivity contribution < 1.29 is 19.2 Å². The van der Waals surface area contributed by atoms with Crippen LogP contribution in [0, 0.1) is 10.1 Å². The predicted octanol–water partition coefficient (Wildman–Crippen LogP) is 0.754. The SMILES string of the molecule is NC(=O)c1c(N)nn2ccc(N3CCC(OC(=O)c4ccc([N+](=O)[O-])cc4)C3)nc12. The van der Waals surface area contributed by atoms with Gasteiger partial charge in [0.2, 0.25) is 0 Å². The number of carbonyl (C=O) groups excluding carboxylic acids is 2. The second-order valence-electron chi connectivity index (χ2n) is 6.74. The van der Waals surface area contributed by atoms with Crippen molar-refractivity contribution in [1.29, 1.82) is 0 Å². The Morgan fingerprint density at radius 1 is 1.23 bits per heavy atom. The summed E-state index contributed by atoms with van der Waals surface area (Å²) in [5, 5.41) is 14.7. The highest BCUT2D eigenvalue weighted by molar-refractivity contribution is 6.03. The summed E-state index contributed by atoms with van der Waals surface area (Å²) < 4.78 is 6.89. The molecule has 1 amide bonds. The van der Waals surface area contributed by atoms with Crippen LogP contribution in [0.2, 0.25) is 0 Å². The molecule has 1 atom stereocenters. The second kappa shape index (κ2) is 7.31. The number of fused-ring (bicyclic) bond motifs is 1. The third-order valence-corrected chi connectivity index (χ3v) is 4.80. The normalized spacial score (nSPS) is 16.0. The predicted molar refractivity (Wildman–Crippen MR) is 105 cm³/mol. The van der Waals surface area contributed by atoms with Gasteiger partial charge in [-0.25, -0.2) is 14.3 Å².